The predicted octanol–water partition coefficient (Wildman–Crippen LogP) is 3.57. The Kier molecular flexibility index (Phi) is 4.61. The van der Waals surface area contributed by atoms with Gasteiger partial charge in [-0.3, -0.25) is 4.79 Å². The fourth-order valence-corrected chi connectivity index (χ4v) is 1.53. The minimum atomic E-state index is -0.174. The normalized spacial score (nSPS) is 12.3. The summed E-state index contributed by atoms with van der Waals surface area (Å²) in [5.74, 6) is 0.103. The van der Waals surface area contributed by atoms with Crippen LogP contribution in [0.2, 0.25) is 0 Å². The van der Waals surface area contributed by atoms with Crippen molar-refractivity contribution < 1.29 is 4.79 Å². The van der Waals surface area contributed by atoms with Crippen molar-refractivity contribution in [3.05, 3.63) is 28.2 Å². The molecular weight excluding hydrogens is 277 g/mol. The van der Waals surface area contributed by atoms with E-state index in [1.807, 2.05) is 25.1 Å². The number of amides is 1. The van der Waals surface area contributed by atoms with Crippen molar-refractivity contribution in [3.63, 3.8) is 0 Å². The van der Waals surface area contributed by atoms with Crippen molar-refractivity contribution in [1.82, 2.24) is 0 Å². The molecule has 2 nitrogen and oxygen atoms in total. The van der Waals surface area contributed by atoms with Crippen molar-refractivity contribution >= 4 is 39.1 Å². The molecule has 0 saturated carbocycles. The molecule has 1 amide bonds. The molecule has 82 valence electrons. The largest absolute Gasteiger partial charge is 0.326 e. The van der Waals surface area contributed by atoms with Gasteiger partial charge in [-0.1, -0.05) is 28.9 Å². The van der Waals surface area contributed by atoms with E-state index in [4.69, 9.17) is 11.6 Å². The molecule has 15 heavy (non-hydrogen) atoms. The quantitative estimate of drug-likeness (QED) is 0.847. The van der Waals surface area contributed by atoms with E-state index >= 15 is 0 Å². The molecule has 0 aliphatic rings. The van der Waals surface area contributed by atoms with Gasteiger partial charge in [-0.15, -0.1) is 11.6 Å². The van der Waals surface area contributed by atoms with Crippen LogP contribution in [0.1, 0.15) is 12.5 Å². The Bertz CT molecular complexity index is 368. The first-order valence-electron chi connectivity index (χ1n) is 4.67. The number of anilines is 1. The summed E-state index contributed by atoms with van der Waals surface area (Å²) in [4.78, 5) is 11.5. The molecule has 0 aliphatic carbocycles. The summed E-state index contributed by atoms with van der Waals surface area (Å²) in [6, 6.07) is 5.71. The maximum Gasteiger partial charge on any atom is 0.228 e. The zero-order chi connectivity index (χ0) is 11.4. The summed E-state index contributed by atoms with van der Waals surface area (Å²) in [5, 5.41) is 2.81. The van der Waals surface area contributed by atoms with E-state index in [9.17, 15) is 4.79 Å². The number of benzene rings is 1. The number of carbonyl (C=O) groups is 1. The molecule has 0 fully saturated rings. The molecule has 1 aromatic carbocycles. The van der Waals surface area contributed by atoms with Crippen LogP contribution in [-0.2, 0) is 4.79 Å². The van der Waals surface area contributed by atoms with E-state index < -0.39 is 0 Å². The van der Waals surface area contributed by atoms with E-state index in [-0.39, 0.29) is 11.8 Å². The molecule has 0 spiro atoms. The van der Waals surface area contributed by atoms with Crippen LogP contribution in [0, 0.1) is 12.8 Å². The van der Waals surface area contributed by atoms with Crippen LogP contribution in [0.25, 0.3) is 0 Å². The lowest BCUT2D eigenvalue weighted by molar-refractivity contribution is -0.118. The van der Waals surface area contributed by atoms with Crippen LogP contribution in [0.5, 0.6) is 0 Å². The van der Waals surface area contributed by atoms with E-state index in [1.54, 1.807) is 6.92 Å². The summed E-state index contributed by atoms with van der Waals surface area (Å²) >= 11 is 9.01. The second-order valence-corrected chi connectivity index (χ2v) is 4.67. The van der Waals surface area contributed by atoms with Gasteiger partial charge in [0.25, 0.3) is 0 Å². The lowest BCUT2D eigenvalue weighted by Gasteiger charge is -2.10. The summed E-state index contributed by atoms with van der Waals surface area (Å²) in [6.07, 6.45) is 0. The van der Waals surface area contributed by atoms with Crippen LogP contribution >= 0.6 is 27.5 Å². The number of halogens is 2. The van der Waals surface area contributed by atoms with Crippen molar-refractivity contribution in [3.8, 4) is 0 Å². The maximum atomic E-state index is 11.5. The van der Waals surface area contributed by atoms with E-state index in [2.05, 4.69) is 21.2 Å². The van der Waals surface area contributed by atoms with E-state index in [1.165, 1.54) is 0 Å². The van der Waals surface area contributed by atoms with Crippen LogP contribution in [0.3, 0.4) is 0 Å². The van der Waals surface area contributed by atoms with Crippen molar-refractivity contribution in [2.24, 2.45) is 5.92 Å². The van der Waals surface area contributed by atoms with Gasteiger partial charge in [0.1, 0.15) is 0 Å². The van der Waals surface area contributed by atoms with Crippen LogP contribution in [-0.4, -0.2) is 11.8 Å². The molecule has 0 aliphatic heterocycles. The Hall–Kier alpha value is -0.540. The third-order valence-electron chi connectivity index (χ3n) is 2.12. The molecule has 1 rings (SSSR count). The first-order valence-corrected chi connectivity index (χ1v) is 6.00. The second-order valence-electron chi connectivity index (χ2n) is 3.51. The third-order valence-corrected chi connectivity index (χ3v) is 3.44. The molecule has 0 radical (unpaired) electrons. The highest BCUT2D eigenvalue weighted by Crippen LogP contribution is 2.21. The molecule has 4 heteroatoms. The van der Waals surface area contributed by atoms with Crippen molar-refractivity contribution in [2.75, 3.05) is 11.2 Å². The van der Waals surface area contributed by atoms with Gasteiger partial charge < -0.3 is 5.32 Å². The minimum absolute atomic E-state index is 0.0549. The smallest absolute Gasteiger partial charge is 0.228 e. The lowest BCUT2D eigenvalue weighted by atomic mass is 10.2. The highest BCUT2D eigenvalue weighted by atomic mass is 79.9. The van der Waals surface area contributed by atoms with Gasteiger partial charge in [0, 0.05) is 22.0 Å². The fraction of sp³-hybridized carbons (Fsp3) is 0.364. The SMILES string of the molecule is Cc1ccc(NC(=O)C(C)CCl)cc1Br. The third kappa shape index (κ3) is 3.50. The summed E-state index contributed by atoms with van der Waals surface area (Å²) in [5.41, 5.74) is 1.92. The topological polar surface area (TPSA) is 29.1 Å². The number of hydrogen-bond donors (Lipinski definition) is 1. The summed E-state index contributed by atoms with van der Waals surface area (Å²) in [6.45, 7) is 3.79. The van der Waals surface area contributed by atoms with Gasteiger partial charge in [-0.05, 0) is 24.6 Å². The van der Waals surface area contributed by atoms with E-state index in [0.29, 0.717) is 5.88 Å². The molecule has 1 atom stereocenters. The number of aryl methyl sites for hydroxylation is 1. The standard InChI is InChI=1S/C11H13BrClNO/c1-7-3-4-9(5-10(7)12)14-11(15)8(2)6-13/h3-5,8H,6H2,1-2H3,(H,14,15). The predicted molar refractivity (Wildman–Crippen MR) is 67.4 cm³/mol. The van der Waals surface area contributed by atoms with Crippen LogP contribution in [0.15, 0.2) is 22.7 Å². The second kappa shape index (κ2) is 5.52. The molecule has 1 unspecified atom stereocenters. The Morgan fingerprint density at radius 1 is 1.60 bits per heavy atom. The monoisotopic (exact) mass is 289 g/mol. The number of rotatable bonds is 3. The summed E-state index contributed by atoms with van der Waals surface area (Å²) in [7, 11) is 0. The number of hydrogen-bond acceptors (Lipinski definition) is 1. The molecule has 0 aromatic heterocycles. The Labute approximate surface area is 103 Å². The van der Waals surface area contributed by atoms with Gasteiger partial charge >= 0.3 is 0 Å². The summed E-state index contributed by atoms with van der Waals surface area (Å²) < 4.78 is 0.985. The molecular formula is C11H13BrClNO. The number of carbonyl (C=O) groups excluding carboxylic acids is 1. The highest BCUT2D eigenvalue weighted by Gasteiger charge is 2.11. The Morgan fingerprint density at radius 2 is 2.27 bits per heavy atom. The van der Waals surface area contributed by atoms with Gasteiger partial charge in [0.05, 0.1) is 0 Å². The van der Waals surface area contributed by atoms with Gasteiger partial charge in [0.2, 0.25) is 5.91 Å². The number of alkyl halides is 1. The Morgan fingerprint density at radius 3 is 2.80 bits per heavy atom. The molecule has 1 N–H and O–H groups in total. The average molecular weight is 291 g/mol. The van der Waals surface area contributed by atoms with Crippen LogP contribution in [0.4, 0.5) is 5.69 Å². The van der Waals surface area contributed by atoms with E-state index in [0.717, 1.165) is 15.7 Å². The van der Waals surface area contributed by atoms with Crippen LogP contribution < -0.4 is 5.32 Å². The van der Waals surface area contributed by atoms with Gasteiger partial charge in [0.15, 0.2) is 0 Å². The highest BCUT2D eigenvalue weighted by molar-refractivity contribution is 9.10. The van der Waals surface area contributed by atoms with Crippen molar-refractivity contribution in [2.45, 2.75) is 13.8 Å². The fourth-order valence-electron chi connectivity index (χ4n) is 1.01. The molecule has 0 heterocycles. The Balaban J connectivity index is 2.73. The average Bonchev–Trinajstić information content (AvgIpc) is 2.22. The zero-order valence-electron chi connectivity index (χ0n) is 8.68. The van der Waals surface area contributed by atoms with Crippen molar-refractivity contribution in [1.29, 1.82) is 0 Å². The molecule has 1 aromatic rings. The van der Waals surface area contributed by atoms with Gasteiger partial charge in [-0.2, -0.15) is 0 Å². The number of nitrogens with one attached hydrogen (secondary N) is 1. The van der Waals surface area contributed by atoms with Gasteiger partial charge in [-0.25, -0.2) is 0 Å². The maximum absolute atomic E-state index is 11.5. The molecule has 0 saturated heterocycles. The minimum Gasteiger partial charge on any atom is -0.326 e. The lowest BCUT2D eigenvalue weighted by Crippen LogP contribution is -2.21. The molecule has 0 bridgehead atoms. The first kappa shape index (κ1) is 12.5. The first-order chi connectivity index (χ1) is 7.04. The zero-order valence-corrected chi connectivity index (χ0v) is 11.0.